The number of nitrogen functional groups attached to an aromatic ring is 1. The Balaban J connectivity index is 1.77. The van der Waals surface area contributed by atoms with Crippen LogP contribution in [0.25, 0.3) is 0 Å². The molecule has 3 nitrogen and oxygen atoms in total. The molecule has 1 fully saturated rings. The molecule has 1 aromatic heterocycles. The smallest absolute Gasteiger partial charge is 0.127 e. The summed E-state index contributed by atoms with van der Waals surface area (Å²) in [6.07, 6.45) is 2.98. The van der Waals surface area contributed by atoms with Crippen LogP contribution in [0, 0.1) is 5.41 Å². The predicted octanol–water partition coefficient (Wildman–Crippen LogP) is 3.46. The molecule has 3 heteroatoms. The largest absolute Gasteiger partial charge is 0.383 e. The third kappa shape index (κ3) is 2.61. The Hall–Kier alpha value is -1.87. The molecule has 0 bridgehead atoms. The van der Waals surface area contributed by atoms with E-state index in [1.807, 2.05) is 6.07 Å². The third-order valence-electron chi connectivity index (χ3n) is 5.15. The molecule has 1 aliphatic rings. The predicted molar refractivity (Wildman–Crippen MR) is 91.5 cm³/mol. The number of hydrogen-bond acceptors (Lipinski definition) is 3. The van der Waals surface area contributed by atoms with Gasteiger partial charge in [-0.2, -0.15) is 0 Å². The van der Waals surface area contributed by atoms with Crippen LogP contribution in [0.3, 0.4) is 0 Å². The van der Waals surface area contributed by atoms with Crippen LogP contribution in [0.5, 0.6) is 0 Å². The van der Waals surface area contributed by atoms with Gasteiger partial charge in [-0.3, -0.25) is 0 Å². The topological polar surface area (TPSA) is 42.2 Å². The van der Waals surface area contributed by atoms with E-state index in [4.69, 9.17) is 5.73 Å². The fraction of sp³-hybridized carbons (Fsp3) is 0.421. The first-order chi connectivity index (χ1) is 10.4. The van der Waals surface area contributed by atoms with Crippen LogP contribution in [0.1, 0.15) is 31.4 Å². The normalized spacial score (nSPS) is 22.7. The molecule has 1 aromatic carbocycles. The van der Waals surface area contributed by atoms with Crippen LogP contribution in [-0.2, 0) is 12.0 Å². The summed E-state index contributed by atoms with van der Waals surface area (Å²) in [7, 11) is 2.17. The Morgan fingerprint density at radius 1 is 1.14 bits per heavy atom. The van der Waals surface area contributed by atoms with Gasteiger partial charge >= 0.3 is 0 Å². The van der Waals surface area contributed by atoms with E-state index in [9.17, 15) is 0 Å². The van der Waals surface area contributed by atoms with Crippen molar-refractivity contribution in [1.82, 2.24) is 9.88 Å². The van der Waals surface area contributed by atoms with Gasteiger partial charge in [-0.05, 0) is 30.5 Å². The molecule has 1 aliphatic carbocycles. The number of hydrogen-bond donors (Lipinski definition) is 1. The minimum atomic E-state index is 0.250. The number of nitrogens with zero attached hydrogens (tertiary/aromatic N) is 2. The van der Waals surface area contributed by atoms with E-state index in [1.165, 1.54) is 12.0 Å². The fourth-order valence-corrected chi connectivity index (χ4v) is 3.71. The number of pyridine rings is 1. The molecule has 0 spiro atoms. The maximum atomic E-state index is 5.97. The van der Waals surface area contributed by atoms with Gasteiger partial charge in [0.1, 0.15) is 5.82 Å². The average Bonchev–Trinajstić information content (AvgIpc) is 3.04. The van der Waals surface area contributed by atoms with Gasteiger partial charge in [-0.15, -0.1) is 0 Å². The lowest BCUT2D eigenvalue weighted by atomic mass is 9.87. The zero-order valence-electron chi connectivity index (χ0n) is 13.7. The molecule has 1 saturated carbocycles. The lowest BCUT2D eigenvalue weighted by Crippen LogP contribution is -2.32. The highest BCUT2D eigenvalue weighted by atomic mass is 15.1. The molecular weight excluding hydrogens is 270 g/mol. The van der Waals surface area contributed by atoms with E-state index in [0.29, 0.717) is 11.2 Å². The Morgan fingerprint density at radius 2 is 1.82 bits per heavy atom. The van der Waals surface area contributed by atoms with Crippen molar-refractivity contribution in [2.24, 2.45) is 5.41 Å². The van der Waals surface area contributed by atoms with Crippen molar-refractivity contribution in [3.8, 4) is 0 Å². The maximum Gasteiger partial charge on any atom is 0.127 e. The van der Waals surface area contributed by atoms with Crippen molar-refractivity contribution in [2.45, 2.75) is 32.2 Å². The zero-order chi connectivity index (χ0) is 15.8. The highest BCUT2D eigenvalue weighted by molar-refractivity contribution is 5.39. The second-order valence-electron chi connectivity index (χ2n) is 7.23. The van der Waals surface area contributed by atoms with Crippen LogP contribution in [0.15, 0.2) is 48.7 Å². The molecule has 0 saturated heterocycles. The van der Waals surface area contributed by atoms with Gasteiger partial charge in [0.25, 0.3) is 0 Å². The number of rotatable bonds is 5. The van der Waals surface area contributed by atoms with Gasteiger partial charge in [0.2, 0.25) is 0 Å². The van der Waals surface area contributed by atoms with E-state index in [1.54, 1.807) is 6.20 Å². The number of benzene rings is 1. The van der Waals surface area contributed by atoms with Gasteiger partial charge in [-0.1, -0.05) is 50.2 Å². The summed E-state index contributed by atoms with van der Waals surface area (Å²) < 4.78 is 0. The van der Waals surface area contributed by atoms with E-state index < -0.39 is 0 Å². The molecule has 1 heterocycles. The Morgan fingerprint density at radius 3 is 2.41 bits per heavy atom. The first-order valence-electron chi connectivity index (χ1n) is 7.88. The minimum absolute atomic E-state index is 0.250. The van der Waals surface area contributed by atoms with Crippen molar-refractivity contribution in [3.05, 3.63) is 59.8 Å². The molecule has 3 rings (SSSR count). The SMILES string of the molecule is CN(Cc1cccnc1N)CC1(c2ccccc2)CC1(C)C. The van der Waals surface area contributed by atoms with Gasteiger partial charge in [0.15, 0.2) is 0 Å². The summed E-state index contributed by atoms with van der Waals surface area (Å²) in [5.74, 6) is 0.637. The van der Waals surface area contributed by atoms with Crippen molar-refractivity contribution in [1.29, 1.82) is 0 Å². The quantitative estimate of drug-likeness (QED) is 0.918. The van der Waals surface area contributed by atoms with Crippen LogP contribution in [0.2, 0.25) is 0 Å². The molecular formula is C19H25N3. The molecule has 0 aliphatic heterocycles. The summed E-state index contributed by atoms with van der Waals surface area (Å²) in [4.78, 5) is 6.55. The number of aromatic nitrogens is 1. The van der Waals surface area contributed by atoms with Crippen molar-refractivity contribution >= 4 is 5.82 Å². The van der Waals surface area contributed by atoms with E-state index in [-0.39, 0.29) is 5.41 Å². The maximum absolute atomic E-state index is 5.97. The highest BCUT2D eigenvalue weighted by Crippen LogP contribution is 2.64. The van der Waals surface area contributed by atoms with E-state index >= 15 is 0 Å². The van der Waals surface area contributed by atoms with Crippen LogP contribution in [-0.4, -0.2) is 23.5 Å². The Kier molecular flexibility index (Phi) is 3.69. The fourth-order valence-electron chi connectivity index (χ4n) is 3.71. The lowest BCUT2D eigenvalue weighted by Gasteiger charge is -2.28. The second-order valence-corrected chi connectivity index (χ2v) is 7.23. The monoisotopic (exact) mass is 295 g/mol. The Bertz CT molecular complexity index is 651. The molecule has 0 radical (unpaired) electrons. The minimum Gasteiger partial charge on any atom is -0.383 e. The standard InChI is InChI=1S/C19H25N3/c1-18(2)13-19(18,16-9-5-4-6-10-16)14-22(3)12-15-8-7-11-21-17(15)20/h4-11H,12-14H2,1-3H3,(H2,20,21). The molecule has 1 unspecified atom stereocenters. The van der Waals surface area contributed by atoms with Crippen LogP contribution < -0.4 is 5.73 Å². The molecule has 0 amide bonds. The summed E-state index contributed by atoms with van der Waals surface area (Å²) in [6.45, 7) is 6.61. The molecule has 116 valence electrons. The lowest BCUT2D eigenvalue weighted by molar-refractivity contribution is 0.271. The molecule has 1 atom stereocenters. The highest BCUT2D eigenvalue weighted by Gasteiger charge is 2.61. The van der Waals surface area contributed by atoms with Crippen LogP contribution >= 0.6 is 0 Å². The second kappa shape index (κ2) is 5.40. The van der Waals surface area contributed by atoms with Gasteiger partial charge in [0, 0.05) is 30.3 Å². The third-order valence-corrected chi connectivity index (χ3v) is 5.15. The van der Waals surface area contributed by atoms with Crippen molar-refractivity contribution in [2.75, 3.05) is 19.3 Å². The number of anilines is 1. The summed E-state index contributed by atoms with van der Waals surface area (Å²) in [6, 6.07) is 14.9. The van der Waals surface area contributed by atoms with Gasteiger partial charge in [-0.25, -0.2) is 4.98 Å². The van der Waals surface area contributed by atoms with Gasteiger partial charge < -0.3 is 10.6 Å². The molecule has 22 heavy (non-hydrogen) atoms. The summed E-state index contributed by atoms with van der Waals surface area (Å²) in [5.41, 5.74) is 9.13. The average molecular weight is 295 g/mol. The van der Waals surface area contributed by atoms with E-state index in [2.05, 4.69) is 67.2 Å². The van der Waals surface area contributed by atoms with Crippen molar-refractivity contribution < 1.29 is 0 Å². The van der Waals surface area contributed by atoms with E-state index in [0.717, 1.165) is 18.7 Å². The van der Waals surface area contributed by atoms with Gasteiger partial charge in [0.05, 0.1) is 0 Å². The van der Waals surface area contributed by atoms with Crippen LogP contribution in [0.4, 0.5) is 5.82 Å². The zero-order valence-corrected chi connectivity index (χ0v) is 13.7. The summed E-state index contributed by atoms with van der Waals surface area (Å²) >= 11 is 0. The summed E-state index contributed by atoms with van der Waals surface area (Å²) in [5, 5.41) is 0. The molecule has 2 aromatic rings. The first kappa shape index (κ1) is 15.0. The van der Waals surface area contributed by atoms with Crippen molar-refractivity contribution in [3.63, 3.8) is 0 Å². The molecule has 2 N–H and O–H groups in total. The number of likely N-dealkylation sites (N-methyl/N-ethyl adjacent to an activating group) is 1. The first-order valence-corrected chi connectivity index (χ1v) is 7.88. The number of nitrogens with two attached hydrogens (primary N) is 1. The Labute approximate surface area is 133 Å².